The van der Waals surface area contributed by atoms with Gasteiger partial charge in [0.25, 0.3) is 0 Å². The summed E-state index contributed by atoms with van der Waals surface area (Å²) in [5, 5.41) is 3.97. The lowest BCUT2D eigenvalue weighted by Crippen LogP contribution is -2.38. The van der Waals surface area contributed by atoms with E-state index in [1.807, 2.05) is 42.2 Å². The van der Waals surface area contributed by atoms with Crippen LogP contribution in [0.5, 0.6) is 0 Å². The quantitative estimate of drug-likeness (QED) is 0.749. The second-order valence-electron chi connectivity index (χ2n) is 6.41. The van der Waals surface area contributed by atoms with Crippen molar-refractivity contribution in [1.29, 1.82) is 0 Å². The molecule has 0 atom stereocenters. The second kappa shape index (κ2) is 7.29. The molecule has 0 radical (unpaired) electrons. The van der Waals surface area contributed by atoms with Crippen LogP contribution in [0.25, 0.3) is 10.2 Å². The Balaban J connectivity index is 1.41. The standard InChI is InChI=1S/C19H21N5OS/c1-14-7-8-15(13-20-14)21-18(25)23-9-4-10-24(12-11-23)19-22-16-5-2-3-6-17(16)26-19/h2-3,5-8,13H,4,9-12H2,1H3,(H,21,25). The Labute approximate surface area is 156 Å². The monoisotopic (exact) mass is 367 g/mol. The van der Waals surface area contributed by atoms with E-state index in [4.69, 9.17) is 4.98 Å². The second-order valence-corrected chi connectivity index (χ2v) is 7.42. The van der Waals surface area contributed by atoms with Crippen LogP contribution >= 0.6 is 11.3 Å². The molecule has 1 aromatic carbocycles. The number of pyridine rings is 1. The summed E-state index contributed by atoms with van der Waals surface area (Å²) in [5.74, 6) is 0. The van der Waals surface area contributed by atoms with Crippen molar-refractivity contribution in [3.8, 4) is 0 Å². The van der Waals surface area contributed by atoms with E-state index in [0.29, 0.717) is 6.54 Å². The van der Waals surface area contributed by atoms with Crippen molar-refractivity contribution in [2.75, 3.05) is 36.4 Å². The van der Waals surface area contributed by atoms with E-state index < -0.39 is 0 Å². The van der Waals surface area contributed by atoms with Gasteiger partial charge in [0.1, 0.15) is 0 Å². The van der Waals surface area contributed by atoms with Gasteiger partial charge in [0.2, 0.25) is 0 Å². The third kappa shape index (κ3) is 3.62. The van der Waals surface area contributed by atoms with Gasteiger partial charge in [-0.15, -0.1) is 0 Å². The van der Waals surface area contributed by atoms with Gasteiger partial charge in [-0.3, -0.25) is 4.98 Å². The van der Waals surface area contributed by atoms with Gasteiger partial charge in [0, 0.05) is 31.9 Å². The molecule has 1 N–H and O–H groups in total. The minimum absolute atomic E-state index is 0.0678. The topological polar surface area (TPSA) is 61.4 Å². The number of hydrogen-bond donors (Lipinski definition) is 1. The van der Waals surface area contributed by atoms with Gasteiger partial charge in [-0.1, -0.05) is 23.5 Å². The van der Waals surface area contributed by atoms with E-state index in [1.54, 1.807) is 17.5 Å². The van der Waals surface area contributed by atoms with Crippen LogP contribution in [0.15, 0.2) is 42.6 Å². The van der Waals surface area contributed by atoms with Crippen molar-refractivity contribution in [1.82, 2.24) is 14.9 Å². The average molecular weight is 367 g/mol. The molecule has 0 spiro atoms. The molecule has 1 saturated heterocycles. The number of rotatable bonds is 2. The first-order chi connectivity index (χ1) is 12.7. The number of para-hydroxylation sites is 1. The number of thiazole rings is 1. The Morgan fingerprint density at radius 2 is 2.00 bits per heavy atom. The minimum atomic E-state index is -0.0678. The first-order valence-corrected chi connectivity index (χ1v) is 9.60. The van der Waals surface area contributed by atoms with Crippen LogP contribution in [0.1, 0.15) is 12.1 Å². The van der Waals surface area contributed by atoms with Crippen LogP contribution < -0.4 is 10.2 Å². The van der Waals surface area contributed by atoms with Crippen LogP contribution in [-0.4, -0.2) is 47.1 Å². The number of nitrogens with zero attached hydrogens (tertiary/aromatic N) is 4. The van der Waals surface area contributed by atoms with Gasteiger partial charge < -0.3 is 15.1 Å². The number of carbonyl (C=O) groups excluding carboxylic acids is 1. The third-order valence-electron chi connectivity index (χ3n) is 4.50. The summed E-state index contributed by atoms with van der Waals surface area (Å²) in [6, 6.07) is 11.9. The Kier molecular flexibility index (Phi) is 4.71. The number of nitrogens with one attached hydrogen (secondary N) is 1. The van der Waals surface area contributed by atoms with Gasteiger partial charge in [-0.2, -0.15) is 0 Å². The summed E-state index contributed by atoms with van der Waals surface area (Å²) < 4.78 is 1.20. The molecule has 134 valence electrons. The van der Waals surface area contributed by atoms with Crippen LogP contribution in [0.3, 0.4) is 0 Å². The Bertz CT molecular complexity index is 875. The fourth-order valence-electron chi connectivity index (χ4n) is 3.05. The number of benzene rings is 1. The highest BCUT2D eigenvalue weighted by molar-refractivity contribution is 7.22. The highest BCUT2D eigenvalue weighted by Crippen LogP contribution is 2.29. The molecular weight excluding hydrogens is 346 g/mol. The van der Waals surface area contributed by atoms with E-state index in [2.05, 4.69) is 21.3 Å². The number of fused-ring (bicyclic) bond motifs is 1. The molecule has 0 unspecified atom stereocenters. The average Bonchev–Trinajstić information content (AvgIpc) is 2.92. The van der Waals surface area contributed by atoms with Crippen LogP contribution in [-0.2, 0) is 0 Å². The maximum atomic E-state index is 12.5. The number of urea groups is 1. The molecule has 26 heavy (non-hydrogen) atoms. The van der Waals surface area contributed by atoms with Crippen molar-refractivity contribution in [2.24, 2.45) is 0 Å². The molecule has 1 fully saturated rings. The predicted octanol–water partition coefficient (Wildman–Crippen LogP) is 3.74. The van der Waals surface area contributed by atoms with E-state index in [9.17, 15) is 4.79 Å². The maximum Gasteiger partial charge on any atom is 0.321 e. The SMILES string of the molecule is Cc1ccc(NC(=O)N2CCCN(c3nc4ccccc4s3)CC2)cn1. The van der Waals surface area contributed by atoms with E-state index in [1.165, 1.54) is 4.70 Å². The van der Waals surface area contributed by atoms with Crippen molar-refractivity contribution < 1.29 is 4.79 Å². The van der Waals surface area contributed by atoms with Crippen LogP contribution in [0.4, 0.5) is 15.6 Å². The number of aromatic nitrogens is 2. The summed E-state index contributed by atoms with van der Waals surface area (Å²) >= 11 is 1.71. The molecule has 4 rings (SSSR count). The van der Waals surface area contributed by atoms with E-state index >= 15 is 0 Å². The number of amides is 2. The molecule has 1 aliphatic heterocycles. The number of aryl methyl sites for hydroxylation is 1. The molecule has 3 aromatic rings. The zero-order chi connectivity index (χ0) is 17.9. The van der Waals surface area contributed by atoms with Gasteiger partial charge in [-0.25, -0.2) is 9.78 Å². The van der Waals surface area contributed by atoms with Gasteiger partial charge >= 0.3 is 6.03 Å². The van der Waals surface area contributed by atoms with Crippen LogP contribution in [0.2, 0.25) is 0 Å². The Morgan fingerprint density at radius 3 is 2.81 bits per heavy atom. The van der Waals surface area contributed by atoms with Crippen molar-refractivity contribution in [3.05, 3.63) is 48.3 Å². The highest BCUT2D eigenvalue weighted by Gasteiger charge is 2.21. The Morgan fingerprint density at radius 1 is 1.12 bits per heavy atom. The molecule has 3 heterocycles. The van der Waals surface area contributed by atoms with Gasteiger partial charge in [-0.05, 0) is 37.6 Å². The lowest BCUT2D eigenvalue weighted by molar-refractivity contribution is 0.215. The zero-order valence-corrected chi connectivity index (χ0v) is 15.5. The molecule has 1 aliphatic rings. The molecule has 7 heteroatoms. The summed E-state index contributed by atoms with van der Waals surface area (Å²) in [6.45, 7) is 5.06. The van der Waals surface area contributed by atoms with Crippen molar-refractivity contribution in [3.63, 3.8) is 0 Å². The first kappa shape index (κ1) is 16.8. The van der Waals surface area contributed by atoms with Crippen molar-refractivity contribution >= 4 is 38.4 Å². The summed E-state index contributed by atoms with van der Waals surface area (Å²) in [6.07, 6.45) is 2.62. The summed E-state index contributed by atoms with van der Waals surface area (Å²) in [4.78, 5) is 25.7. The summed E-state index contributed by atoms with van der Waals surface area (Å²) in [5.41, 5.74) is 2.70. The van der Waals surface area contributed by atoms with E-state index in [0.717, 1.165) is 48.1 Å². The Hall–Kier alpha value is -2.67. The number of hydrogen-bond acceptors (Lipinski definition) is 5. The van der Waals surface area contributed by atoms with Crippen molar-refractivity contribution in [2.45, 2.75) is 13.3 Å². The van der Waals surface area contributed by atoms with E-state index in [-0.39, 0.29) is 6.03 Å². The number of carbonyl (C=O) groups is 1. The maximum absolute atomic E-state index is 12.5. The smallest absolute Gasteiger partial charge is 0.321 e. The fourth-order valence-corrected chi connectivity index (χ4v) is 4.07. The summed E-state index contributed by atoms with van der Waals surface area (Å²) in [7, 11) is 0. The van der Waals surface area contributed by atoms with Gasteiger partial charge in [0.15, 0.2) is 5.13 Å². The lowest BCUT2D eigenvalue weighted by Gasteiger charge is -2.22. The third-order valence-corrected chi connectivity index (χ3v) is 5.60. The molecule has 0 saturated carbocycles. The molecule has 6 nitrogen and oxygen atoms in total. The molecular formula is C19H21N5OS. The largest absolute Gasteiger partial charge is 0.346 e. The first-order valence-electron chi connectivity index (χ1n) is 8.78. The fraction of sp³-hybridized carbons (Fsp3) is 0.316. The zero-order valence-electron chi connectivity index (χ0n) is 14.7. The lowest BCUT2D eigenvalue weighted by atomic mass is 10.3. The van der Waals surface area contributed by atoms with Crippen LogP contribution in [0, 0.1) is 6.92 Å². The highest BCUT2D eigenvalue weighted by atomic mass is 32.1. The molecule has 0 bridgehead atoms. The molecule has 0 aliphatic carbocycles. The normalized spacial score (nSPS) is 15.1. The predicted molar refractivity (Wildman–Crippen MR) is 106 cm³/mol. The number of anilines is 2. The van der Waals surface area contributed by atoms with Gasteiger partial charge in [0.05, 0.1) is 22.1 Å². The molecule has 2 amide bonds. The molecule has 2 aromatic heterocycles. The minimum Gasteiger partial charge on any atom is -0.346 e.